The minimum absolute atomic E-state index is 0.182. The molecule has 112 valence electrons. The Balaban J connectivity index is 2.10. The molecular weight excluding hydrogens is 268 g/mol. The molecule has 1 heterocycles. The van der Waals surface area contributed by atoms with E-state index in [1.807, 2.05) is 32.9 Å². The predicted octanol–water partition coefficient (Wildman–Crippen LogP) is 1.68. The van der Waals surface area contributed by atoms with E-state index in [2.05, 4.69) is 15.5 Å². The summed E-state index contributed by atoms with van der Waals surface area (Å²) in [5.74, 6) is -0.217. The molecule has 2 aromatic rings. The van der Waals surface area contributed by atoms with Gasteiger partial charge in [0.05, 0.1) is 11.7 Å². The Bertz CT molecular complexity index is 677. The molecule has 0 saturated carbocycles. The molecule has 0 fully saturated rings. The number of carbonyl (C=O) groups is 1. The highest BCUT2D eigenvalue weighted by Crippen LogP contribution is 2.21. The minimum atomic E-state index is -0.585. The van der Waals surface area contributed by atoms with Crippen molar-refractivity contribution >= 4 is 11.6 Å². The van der Waals surface area contributed by atoms with Gasteiger partial charge in [0, 0.05) is 11.8 Å². The second-order valence-electron chi connectivity index (χ2n) is 6.08. The van der Waals surface area contributed by atoms with Crippen LogP contribution in [0.3, 0.4) is 0 Å². The van der Waals surface area contributed by atoms with Crippen LogP contribution in [0, 0.1) is 5.41 Å². The Hall–Kier alpha value is -2.34. The Morgan fingerprint density at radius 1 is 1.19 bits per heavy atom. The average Bonchev–Trinajstić information content (AvgIpc) is 2.84. The predicted molar refractivity (Wildman–Crippen MR) is 82.9 cm³/mol. The number of carbonyl (C=O) groups excluding carboxylic acids is 1. The van der Waals surface area contributed by atoms with Gasteiger partial charge in [-0.3, -0.25) is 19.8 Å². The van der Waals surface area contributed by atoms with Crippen molar-refractivity contribution in [1.29, 1.82) is 0 Å². The summed E-state index contributed by atoms with van der Waals surface area (Å²) in [7, 11) is 0. The van der Waals surface area contributed by atoms with E-state index in [4.69, 9.17) is 5.73 Å². The van der Waals surface area contributed by atoms with Crippen molar-refractivity contribution in [2.45, 2.75) is 26.8 Å². The van der Waals surface area contributed by atoms with Crippen LogP contribution >= 0.6 is 0 Å². The van der Waals surface area contributed by atoms with Crippen LogP contribution in [0.25, 0.3) is 11.3 Å². The molecule has 1 amide bonds. The molecule has 1 atom stereocenters. The van der Waals surface area contributed by atoms with E-state index in [9.17, 15) is 9.59 Å². The van der Waals surface area contributed by atoms with Crippen LogP contribution < -0.4 is 16.6 Å². The van der Waals surface area contributed by atoms with Crippen molar-refractivity contribution in [1.82, 2.24) is 10.2 Å². The van der Waals surface area contributed by atoms with Gasteiger partial charge in [0.1, 0.15) is 0 Å². The van der Waals surface area contributed by atoms with Gasteiger partial charge < -0.3 is 11.1 Å². The molecule has 5 N–H and O–H groups in total. The summed E-state index contributed by atoms with van der Waals surface area (Å²) in [6, 6.07) is 8.07. The first-order valence-electron chi connectivity index (χ1n) is 6.72. The Morgan fingerprint density at radius 2 is 1.81 bits per heavy atom. The fourth-order valence-corrected chi connectivity index (χ4v) is 1.83. The number of rotatable bonds is 3. The standard InChI is InChI=1S/C15H20N4O2/c1-15(2,3)13(16)14(21)17-10-6-4-9(5-7-10)11-8-12(20)19-18-11/h4-8,13H,16H2,1-3H3,(H,17,21)(H2,18,19,20)/t13-/m1/s1. The van der Waals surface area contributed by atoms with Crippen LogP contribution in [0.4, 0.5) is 5.69 Å². The molecule has 21 heavy (non-hydrogen) atoms. The molecule has 2 rings (SSSR count). The van der Waals surface area contributed by atoms with Gasteiger partial charge in [-0.1, -0.05) is 32.9 Å². The highest BCUT2D eigenvalue weighted by Gasteiger charge is 2.27. The fraction of sp³-hybridized carbons (Fsp3) is 0.333. The van der Waals surface area contributed by atoms with Gasteiger partial charge in [0.2, 0.25) is 5.91 Å². The molecular formula is C15H20N4O2. The zero-order chi connectivity index (χ0) is 15.6. The number of benzene rings is 1. The van der Waals surface area contributed by atoms with Crippen molar-refractivity contribution < 1.29 is 4.79 Å². The highest BCUT2D eigenvalue weighted by molar-refractivity contribution is 5.95. The Labute approximate surface area is 122 Å². The number of nitrogens with one attached hydrogen (secondary N) is 3. The first kappa shape index (κ1) is 15.1. The molecule has 0 aliphatic carbocycles. The molecule has 1 aromatic heterocycles. The summed E-state index contributed by atoms with van der Waals surface area (Å²) in [6.45, 7) is 5.76. The monoisotopic (exact) mass is 288 g/mol. The lowest BCUT2D eigenvalue weighted by molar-refractivity contribution is -0.119. The summed E-state index contributed by atoms with van der Waals surface area (Å²) in [5, 5.41) is 8.04. The number of amides is 1. The van der Waals surface area contributed by atoms with Crippen molar-refractivity contribution in [2.24, 2.45) is 11.1 Å². The van der Waals surface area contributed by atoms with Crippen molar-refractivity contribution in [2.75, 3.05) is 5.32 Å². The second kappa shape index (κ2) is 5.57. The normalized spacial score (nSPS) is 13.0. The van der Waals surface area contributed by atoms with Crippen molar-refractivity contribution in [3.63, 3.8) is 0 Å². The molecule has 0 saturated heterocycles. The van der Waals surface area contributed by atoms with Gasteiger partial charge in [-0.25, -0.2) is 0 Å². The van der Waals surface area contributed by atoms with E-state index in [1.54, 1.807) is 12.1 Å². The minimum Gasteiger partial charge on any atom is -0.325 e. The number of H-pyrrole nitrogens is 2. The number of anilines is 1. The summed E-state index contributed by atoms with van der Waals surface area (Å²) in [5.41, 5.74) is 7.65. The largest absolute Gasteiger partial charge is 0.325 e. The van der Waals surface area contributed by atoms with E-state index in [0.29, 0.717) is 11.4 Å². The maximum Gasteiger partial charge on any atom is 0.264 e. The van der Waals surface area contributed by atoms with Crippen molar-refractivity contribution in [3.8, 4) is 11.3 Å². The van der Waals surface area contributed by atoms with Crippen LogP contribution in [-0.4, -0.2) is 22.1 Å². The van der Waals surface area contributed by atoms with Crippen molar-refractivity contribution in [3.05, 3.63) is 40.7 Å². The van der Waals surface area contributed by atoms with E-state index in [-0.39, 0.29) is 16.9 Å². The van der Waals surface area contributed by atoms with E-state index >= 15 is 0 Å². The number of aromatic amines is 2. The molecule has 0 bridgehead atoms. The molecule has 0 aliphatic rings. The zero-order valence-electron chi connectivity index (χ0n) is 12.4. The topological polar surface area (TPSA) is 104 Å². The first-order chi connectivity index (χ1) is 9.77. The number of hydrogen-bond donors (Lipinski definition) is 4. The van der Waals surface area contributed by atoms with E-state index in [1.165, 1.54) is 6.07 Å². The smallest absolute Gasteiger partial charge is 0.264 e. The number of aromatic nitrogens is 2. The quantitative estimate of drug-likeness (QED) is 0.690. The third-order valence-electron chi connectivity index (χ3n) is 3.27. The zero-order valence-corrected chi connectivity index (χ0v) is 12.4. The molecule has 0 aliphatic heterocycles. The molecule has 0 radical (unpaired) electrons. The number of nitrogens with two attached hydrogens (primary N) is 1. The molecule has 6 heteroatoms. The first-order valence-corrected chi connectivity index (χ1v) is 6.72. The molecule has 0 spiro atoms. The van der Waals surface area contributed by atoms with Gasteiger partial charge in [0.15, 0.2) is 0 Å². The van der Waals surface area contributed by atoms with Gasteiger partial charge in [-0.15, -0.1) is 0 Å². The fourth-order valence-electron chi connectivity index (χ4n) is 1.83. The summed E-state index contributed by atoms with van der Waals surface area (Å²) in [4.78, 5) is 23.1. The van der Waals surface area contributed by atoms with Gasteiger partial charge >= 0.3 is 0 Å². The van der Waals surface area contributed by atoms with Crippen LogP contribution in [0.15, 0.2) is 35.1 Å². The Morgan fingerprint density at radius 3 is 2.29 bits per heavy atom. The van der Waals surface area contributed by atoms with Crippen LogP contribution in [0.1, 0.15) is 20.8 Å². The third kappa shape index (κ3) is 3.61. The summed E-state index contributed by atoms with van der Waals surface area (Å²) in [6.07, 6.45) is 0. The maximum atomic E-state index is 12.0. The van der Waals surface area contributed by atoms with Gasteiger partial charge in [0.25, 0.3) is 5.56 Å². The summed E-state index contributed by atoms with van der Waals surface area (Å²) >= 11 is 0. The lowest BCUT2D eigenvalue weighted by Crippen LogP contribution is -2.45. The lowest BCUT2D eigenvalue weighted by Gasteiger charge is -2.25. The maximum absolute atomic E-state index is 12.0. The number of hydrogen-bond acceptors (Lipinski definition) is 3. The van der Waals surface area contributed by atoms with Crippen LogP contribution in [0.2, 0.25) is 0 Å². The van der Waals surface area contributed by atoms with E-state index in [0.717, 1.165) is 5.56 Å². The SMILES string of the molecule is CC(C)(C)[C@H](N)C(=O)Nc1ccc(-c2cc(=O)[nH][nH]2)cc1. The molecule has 6 nitrogen and oxygen atoms in total. The molecule has 0 unspecified atom stereocenters. The third-order valence-corrected chi connectivity index (χ3v) is 3.27. The summed E-state index contributed by atoms with van der Waals surface area (Å²) < 4.78 is 0. The lowest BCUT2D eigenvalue weighted by atomic mass is 9.87. The van der Waals surface area contributed by atoms with E-state index < -0.39 is 6.04 Å². The average molecular weight is 288 g/mol. The van der Waals surface area contributed by atoms with Gasteiger partial charge in [-0.05, 0) is 23.1 Å². The Kier molecular flexibility index (Phi) is 3.99. The van der Waals surface area contributed by atoms with Crippen LogP contribution in [-0.2, 0) is 4.79 Å². The second-order valence-corrected chi connectivity index (χ2v) is 6.08. The highest BCUT2D eigenvalue weighted by atomic mass is 16.2. The van der Waals surface area contributed by atoms with Crippen LogP contribution in [0.5, 0.6) is 0 Å². The molecule has 1 aromatic carbocycles. The van der Waals surface area contributed by atoms with Gasteiger partial charge in [-0.2, -0.15) is 0 Å².